The Kier molecular flexibility index (Phi) is 4.07. The molecular weight excluding hydrogens is 249 g/mol. The number of nitrogens with zero attached hydrogens (tertiary/aromatic N) is 1. The number of carbonyl (C=O) groups excluding carboxylic acids is 1. The normalized spacial score (nSPS) is 10.0. The molecule has 0 radical (unpaired) electrons. The van der Waals surface area contributed by atoms with E-state index < -0.39 is 11.8 Å². The van der Waals surface area contributed by atoms with Crippen molar-refractivity contribution >= 4 is 5.97 Å². The highest BCUT2D eigenvalue weighted by Gasteiger charge is 2.12. The molecule has 0 atom stereocenters. The van der Waals surface area contributed by atoms with Gasteiger partial charge in [0.2, 0.25) is 0 Å². The number of rotatable bonds is 4. The molecule has 0 aliphatic rings. The largest absolute Gasteiger partial charge is 0.487 e. The predicted octanol–water partition coefficient (Wildman–Crippen LogP) is 2.59. The van der Waals surface area contributed by atoms with E-state index in [4.69, 9.17) is 4.74 Å². The van der Waals surface area contributed by atoms with Crippen LogP contribution in [0, 0.1) is 5.82 Å². The number of halogens is 1. The second-order valence-electron chi connectivity index (χ2n) is 3.78. The molecule has 0 saturated heterocycles. The molecule has 0 spiro atoms. The van der Waals surface area contributed by atoms with Crippen molar-refractivity contribution in [3.8, 4) is 5.75 Å². The Labute approximate surface area is 109 Å². The molecule has 0 amide bonds. The predicted molar refractivity (Wildman–Crippen MR) is 66.3 cm³/mol. The summed E-state index contributed by atoms with van der Waals surface area (Å²) in [4.78, 5) is 15.1. The van der Waals surface area contributed by atoms with Gasteiger partial charge in [0, 0.05) is 6.20 Å². The van der Waals surface area contributed by atoms with Crippen LogP contribution in [0.5, 0.6) is 5.75 Å². The number of hydrogen-bond donors (Lipinski definition) is 0. The van der Waals surface area contributed by atoms with Crippen LogP contribution >= 0.6 is 0 Å². The monoisotopic (exact) mass is 261 g/mol. The SMILES string of the molecule is COC(=O)c1ccc(COc2cccnc2)cc1F. The lowest BCUT2D eigenvalue weighted by atomic mass is 10.1. The van der Waals surface area contributed by atoms with Gasteiger partial charge in [0.05, 0.1) is 18.9 Å². The number of carbonyl (C=O) groups is 1. The van der Waals surface area contributed by atoms with E-state index in [-0.39, 0.29) is 12.2 Å². The van der Waals surface area contributed by atoms with Gasteiger partial charge in [-0.3, -0.25) is 4.98 Å². The van der Waals surface area contributed by atoms with E-state index in [1.807, 2.05) is 0 Å². The number of hydrogen-bond acceptors (Lipinski definition) is 4. The van der Waals surface area contributed by atoms with Crippen molar-refractivity contribution < 1.29 is 18.7 Å². The Morgan fingerprint density at radius 1 is 1.37 bits per heavy atom. The summed E-state index contributed by atoms with van der Waals surface area (Å²) < 4.78 is 23.5. The molecule has 4 nitrogen and oxygen atoms in total. The summed E-state index contributed by atoms with van der Waals surface area (Å²) in [5.74, 6) is -0.726. The van der Waals surface area contributed by atoms with Gasteiger partial charge in [-0.25, -0.2) is 9.18 Å². The molecule has 0 saturated carbocycles. The maximum absolute atomic E-state index is 13.6. The van der Waals surface area contributed by atoms with Gasteiger partial charge in [0.1, 0.15) is 18.2 Å². The number of aromatic nitrogens is 1. The van der Waals surface area contributed by atoms with Gasteiger partial charge < -0.3 is 9.47 Å². The average Bonchev–Trinajstić information content (AvgIpc) is 2.45. The van der Waals surface area contributed by atoms with Crippen molar-refractivity contribution in [1.82, 2.24) is 4.98 Å². The fourth-order valence-corrected chi connectivity index (χ4v) is 1.52. The highest BCUT2D eigenvalue weighted by atomic mass is 19.1. The minimum Gasteiger partial charge on any atom is -0.487 e. The van der Waals surface area contributed by atoms with Gasteiger partial charge in [-0.05, 0) is 29.8 Å². The summed E-state index contributed by atoms with van der Waals surface area (Å²) in [5.41, 5.74) is 0.529. The molecule has 0 aliphatic heterocycles. The van der Waals surface area contributed by atoms with Crippen LogP contribution in [0.2, 0.25) is 0 Å². The summed E-state index contributed by atoms with van der Waals surface area (Å²) in [6, 6.07) is 7.75. The van der Waals surface area contributed by atoms with Gasteiger partial charge in [0.25, 0.3) is 0 Å². The zero-order valence-electron chi connectivity index (χ0n) is 10.3. The number of ether oxygens (including phenoxy) is 2. The molecule has 1 aromatic carbocycles. The van der Waals surface area contributed by atoms with Crippen molar-refractivity contribution in [2.24, 2.45) is 0 Å². The maximum atomic E-state index is 13.6. The standard InChI is InChI=1S/C14H12FNO3/c1-18-14(17)12-5-4-10(7-13(12)15)9-19-11-3-2-6-16-8-11/h2-8H,9H2,1H3. The lowest BCUT2D eigenvalue weighted by molar-refractivity contribution is 0.0595. The Hall–Kier alpha value is -2.43. The topological polar surface area (TPSA) is 48.4 Å². The zero-order chi connectivity index (χ0) is 13.7. The molecule has 0 aliphatic carbocycles. The highest BCUT2D eigenvalue weighted by molar-refractivity contribution is 5.89. The van der Waals surface area contributed by atoms with Crippen LogP contribution in [0.15, 0.2) is 42.7 Å². The Morgan fingerprint density at radius 3 is 2.84 bits per heavy atom. The fourth-order valence-electron chi connectivity index (χ4n) is 1.52. The second-order valence-corrected chi connectivity index (χ2v) is 3.78. The van der Waals surface area contributed by atoms with Crippen LogP contribution in [0.3, 0.4) is 0 Å². The molecule has 0 fully saturated rings. The summed E-state index contributed by atoms with van der Waals surface area (Å²) in [6.07, 6.45) is 3.21. The number of methoxy groups -OCH3 is 1. The van der Waals surface area contributed by atoms with E-state index in [0.29, 0.717) is 11.3 Å². The maximum Gasteiger partial charge on any atom is 0.340 e. The first-order chi connectivity index (χ1) is 9.20. The van der Waals surface area contributed by atoms with E-state index >= 15 is 0 Å². The number of benzene rings is 1. The Balaban J connectivity index is 2.06. The molecule has 0 bridgehead atoms. The Bertz CT molecular complexity index is 572. The molecule has 19 heavy (non-hydrogen) atoms. The molecule has 1 aromatic heterocycles. The van der Waals surface area contributed by atoms with Crippen molar-refractivity contribution in [1.29, 1.82) is 0 Å². The van der Waals surface area contributed by atoms with E-state index in [0.717, 1.165) is 0 Å². The van der Waals surface area contributed by atoms with Crippen molar-refractivity contribution in [2.45, 2.75) is 6.61 Å². The van der Waals surface area contributed by atoms with Crippen LogP contribution < -0.4 is 4.74 Å². The minimum absolute atomic E-state index is 0.0902. The van der Waals surface area contributed by atoms with Crippen molar-refractivity contribution in [3.05, 3.63) is 59.7 Å². The smallest absolute Gasteiger partial charge is 0.340 e. The van der Waals surface area contributed by atoms with Gasteiger partial charge in [0.15, 0.2) is 0 Å². The van der Waals surface area contributed by atoms with Crippen LogP contribution in [0.4, 0.5) is 4.39 Å². The first kappa shape index (κ1) is 13.0. The summed E-state index contributed by atoms with van der Waals surface area (Å²) in [5, 5.41) is 0. The first-order valence-corrected chi connectivity index (χ1v) is 5.60. The van der Waals surface area contributed by atoms with E-state index in [1.165, 1.54) is 19.2 Å². The van der Waals surface area contributed by atoms with Crippen LogP contribution in [-0.2, 0) is 11.3 Å². The fraction of sp³-hybridized carbons (Fsp3) is 0.143. The number of pyridine rings is 1. The van der Waals surface area contributed by atoms with Gasteiger partial charge in [-0.15, -0.1) is 0 Å². The van der Waals surface area contributed by atoms with Crippen LogP contribution in [-0.4, -0.2) is 18.1 Å². The van der Waals surface area contributed by atoms with Gasteiger partial charge >= 0.3 is 5.97 Å². The third-order valence-electron chi connectivity index (χ3n) is 2.48. The lowest BCUT2D eigenvalue weighted by Gasteiger charge is -2.07. The highest BCUT2D eigenvalue weighted by Crippen LogP contribution is 2.14. The van der Waals surface area contributed by atoms with Gasteiger partial charge in [-0.2, -0.15) is 0 Å². The quantitative estimate of drug-likeness (QED) is 0.794. The molecule has 2 rings (SSSR count). The summed E-state index contributed by atoms with van der Waals surface area (Å²) in [6.45, 7) is 0.198. The first-order valence-electron chi connectivity index (χ1n) is 5.60. The van der Waals surface area contributed by atoms with E-state index in [2.05, 4.69) is 9.72 Å². The molecule has 0 unspecified atom stereocenters. The second kappa shape index (κ2) is 5.95. The van der Waals surface area contributed by atoms with E-state index in [9.17, 15) is 9.18 Å². The zero-order valence-corrected chi connectivity index (χ0v) is 10.3. The summed E-state index contributed by atoms with van der Waals surface area (Å²) >= 11 is 0. The van der Waals surface area contributed by atoms with Crippen LogP contribution in [0.25, 0.3) is 0 Å². The molecule has 1 heterocycles. The molecule has 2 aromatic rings. The van der Waals surface area contributed by atoms with Crippen LogP contribution in [0.1, 0.15) is 15.9 Å². The minimum atomic E-state index is -0.697. The third kappa shape index (κ3) is 3.28. The third-order valence-corrected chi connectivity index (χ3v) is 2.48. The van der Waals surface area contributed by atoms with Crippen molar-refractivity contribution in [2.75, 3.05) is 7.11 Å². The van der Waals surface area contributed by atoms with Gasteiger partial charge in [-0.1, -0.05) is 6.07 Å². The molecule has 98 valence electrons. The Morgan fingerprint density at radius 2 is 2.21 bits per heavy atom. The lowest BCUT2D eigenvalue weighted by Crippen LogP contribution is -2.05. The molecular formula is C14H12FNO3. The molecule has 5 heteroatoms. The van der Waals surface area contributed by atoms with E-state index in [1.54, 1.807) is 30.6 Å². The van der Waals surface area contributed by atoms with Crippen molar-refractivity contribution in [3.63, 3.8) is 0 Å². The number of esters is 1. The summed E-state index contributed by atoms with van der Waals surface area (Å²) in [7, 11) is 1.21. The molecule has 0 N–H and O–H groups in total. The average molecular weight is 261 g/mol.